The van der Waals surface area contributed by atoms with Crippen LogP contribution in [0.3, 0.4) is 0 Å². The van der Waals surface area contributed by atoms with Crippen LogP contribution in [0.25, 0.3) is 0 Å². The van der Waals surface area contributed by atoms with Crippen LogP contribution in [-0.2, 0) is 17.8 Å². The molecule has 4 heteroatoms. The topological polar surface area (TPSA) is 81.3 Å². The van der Waals surface area contributed by atoms with Gasteiger partial charge in [0.25, 0.3) is 0 Å². The Balaban J connectivity index is 3.22. The van der Waals surface area contributed by atoms with Gasteiger partial charge in [-0.3, -0.25) is 4.79 Å². The minimum absolute atomic E-state index is 0.136. The van der Waals surface area contributed by atoms with E-state index < -0.39 is 5.97 Å². The second-order valence-corrected chi connectivity index (χ2v) is 3.28. The summed E-state index contributed by atoms with van der Waals surface area (Å²) in [6.45, 7) is 1.49. The number of nitrogens with zero attached hydrogens (tertiary/aromatic N) is 1. The number of aliphatic hydroxyl groups excluding tert-OH is 1. The Morgan fingerprint density at radius 3 is 2.60 bits per heavy atom. The number of hydrogen-bond acceptors (Lipinski definition) is 3. The molecule has 0 atom stereocenters. The highest BCUT2D eigenvalue weighted by molar-refractivity contribution is 5.71. The van der Waals surface area contributed by atoms with Crippen LogP contribution < -0.4 is 0 Å². The van der Waals surface area contributed by atoms with Crippen LogP contribution in [0.4, 0.5) is 0 Å². The third kappa shape index (κ3) is 2.55. The number of carboxylic acid groups (broad SMARTS) is 1. The molecule has 0 heterocycles. The lowest BCUT2D eigenvalue weighted by Crippen LogP contribution is -2.05. The molecule has 0 saturated heterocycles. The van der Waals surface area contributed by atoms with Crippen molar-refractivity contribution < 1.29 is 15.0 Å². The minimum Gasteiger partial charge on any atom is -0.481 e. The van der Waals surface area contributed by atoms with Crippen molar-refractivity contribution >= 4 is 5.97 Å². The van der Waals surface area contributed by atoms with Gasteiger partial charge in [-0.05, 0) is 29.7 Å². The van der Waals surface area contributed by atoms with Crippen LogP contribution in [0.15, 0.2) is 12.1 Å². The quantitative estimate of drug-likeness (QED) is 0.770. The van der Waals surface area contributed by atoms with Gasteiger partial charge < -0.3 is 10.2 Å². The number of hydrogen-bond donors (Lipinski definition) is 2. The number of carbonyl (C=O) groups is 1. The number of carboxylic acids is 1. The van der Waals surface area contributed by atoms with E-state index >= 15 is 0 Å². The predicted octanol–water partition coefficient (Wildman–Crippen LogP) is 0.986. The van der Waals surface area contributed by atoms with Crippen LogP contribution in [-0.4, -0.2) is 16.2 Å². The first kappa shape index (κ1) is 11.2. The molecule has 0 aliphatic rings. The Labute approximate surface area is 87.4 Å². The summed E-state index contributed by atoms with van der Waals surface area (Å²) in [4.78, 5) is 10.6. The first-order valence-corrected chi connectivity index (χ1v) is 4.43. The summed E-state index contributed by atoms with van der Waals surface area (Å²) in [6, 6.07) is 5.16. The van der Waals surface area contributed by atoms with Crippen molar-refractivity contribution in [2.45, 2.75) is 20.0 Å². The summed E-state index contributed by atoms with van der Waals surface area (Å²) in [5.41, 5.74) is 2.25. The zero-order valence-electron chi connectivity index (χ0n) is 8.32. The molecule has 1 aromatic rings. The van der Waals surface area contributed by atoms with E-state index in [1.54, 1.807) is 13.0 Å². The molecule has 0 bridgehead atoms. The molecule has 0 spiro atoms. The van der Waals surface area contributed by atoms with Crippen LogP contribution >= 0.6 is 0 Å². The largest absolute Gasteiger partial charge is 0.481 e. The highest BCUT2D eigenvalue weighted by atomic mass is 16.4. The fourth-order valence-corrected chi connectivity index (χ4v) is 1.41. The smallest absolute Gasteiger partial charge is 0.307 e. The maximum Gasteiger partial charge on any atom is 0.307 e. The van der Waals surface area contributed by atoms with Gasteiger partial charge in [-0.25, -0.2) is 0 Å². The fraction of sp³-hybridized carbons (Fsp3) is 0.273. The lowest BCUT2D eigenvalue weighted by atomic mass is 9.98. The molecule has 0 aliphatic heterocycles. The second-order valence-electron chi connectivity index (χ2n) is 3.28. The molecule has 1 aromatic carbocycles. The van der Waals surface area contributed by atoms with Crippen molar-refractivity contribution in [2.24, 2.45) is 0 Å². The molecular formula is C11H11NO3. The highest BCUT2D eigenvalue weighted by Gasteiger charge is 2.09. The van der Waals surface area contributed by atoms with Crippen molar-refractivity contribution in [3.63, 3.8) is 0 Å². The molecule has 0 aromatic heterocycles. The molecule has 78 valence electrons. The lowest BCUT2D eigenvalue weighted by Gasteiger charge is -2.07. The SMILES string of the molecule is Cc1cc(CC(=O)O)c(CO)cc1C#N. The second kappa shape index (κ2) is 4.58. The average molecular weight is 205 g/mol. The Hall–Kier alpha value is -1.86. The number of aliphatic hydroxyl groups is 1. The van der Waals surface area contributed by atoms with E-state index in [1.165, 1.54) is 6.07 Å². The minimum atomic E-state index is -0.950. The van der Waals surface area contributed by atoms with Crippen molar-refractivity contribution in [1.29, 1.82) is 5.26 Å². The Morgan fingerprint density at radius 1 is 1.47 bits per heavy atom. The maximum atomic E-state index is 10.6. The Bertz CT molecular complexity index is 432. The van der Waals surface area contributed by atoms with E-state index in [2.05, 4.69) is 0 Å². The summed E-state index contributed by atoms with van der Waals surface area (Å²) < 4.78 is 0. The van der Waals surface area contributed by atoms with Gasteiger partial charge in [0.2, 0.25) is 0 Å². The van der Waals surface area contributed by atoms with Gasteiger partial charge in [-0.1, -0.05) is 6.07 Å². The van der Waals surface area contributed by atoms with Crippen LogP contribution in [0.2, 0.25) is 0 Å². The zero-order valence-corrected chi connectivity index (χ0v) is 8.32. The summed E-state index contributed by atoms with van der Waals surface area (Å²) >= 11 is 0. The predicted molar refractivity (Wildman–Crippen MR) is 53.2 cm³/mol. The normalized spacial score (nSPS) is 9.67. The van der Waals surface area contributed by atoms with E-state index in [4.69, 9.17) is 15.5 Å². The van der Waals surface area contributed by atoms with E-state index in [9.17, 15) is 4.79 Å². The summed E-state index contributed by atoms with van der Waals surface area (Å²) in [5.74, 6) is -0.950. The molecule has 0 radical (unpaired) electrons. The Morgan fingerprint density at radius 2 is 2.13 bits per heavy atom. The Kier molecular flexibility index (Phi) is 3.42. The third-order valence-corrected chi connectivity index (χ3v) is 2.18. The molecule has 4 nitrogen and oxygen atoms in total. The van der Waals surface area contributed by atoms with Crippen molar-refractivity contribution in [3.05, 3.63) is 34.4 Å². The number of nitriles is 1. The van der Waals surface area contributed by atoms with E-state index in [-0.39, 0.29) is 13.0 Å². The van der Waals surface area contributed by atoms with Crippen molar-refractivity contribution in [2.75, 3.05) is 0 Å². The molecule has 0 unspecified atom stereocenters. The number of aliphatic carboxylic acids is 1. The first-order chi connectivity index (χ1) is 7.08. The van der Waals surface area contributed by atoms with Gasteiger partial charge in [0.05, 0.1) is 24.7 Å². The summed E-state index contributed by atoms with van der Waals surface area (Å²) in [5, 5.41) is 26.5. The number of aryl methyl sites for hydroxylation is 1. The molecule has 2 N–H and O–H groups in total. The van der Waals surface area contributed by atoms with Gasteiger partial charge in [-0.15, -0.1) is 0 Å². The van der Waals surface area contributed by atoms with Gasteiger partial charge in [0.15, 0.2) is 0 Å². The standard InChI is InChI=1S/C11H11NO3/c1-7-2-8(4-11(14)15)10(6-13)3-9(7)5-12/h2-3,13H,4,6H2,1H3,(H,14,15). The summed E-state index contributed by atoms with van der Waals surface area (Å²) in [6.07, 6.45) is -0.136. The van der Waals surface area contributed by atoms with E-state index in [1.807, 2.05) is 6.07 Å². The van der Waals surface area contributed by atoms with Crippen molar-refractivity contribution in [3.8, 4) is 6.07 Å². The van der Waals surface area contributed by atoms with Gasteiger partial charge in [0.1, 0.15) is 0 Å². The molecule has 0 fully saturated rings. The molecule has 15 heavy (non-hydrogen) atoms. The van der Waals surface area contributed by atoms with Gasteiger partial charge in [-0.2, -0.15) is 5.26 Å². The average Bonchev–Trinajstić information content (AvgIpc) is 2.17. The fourth-order valence-electron chi connectivity index (χ4n) is 1.41. The van der Waals surface area contributed by atoms with Crippen LogP contribution in [0, 0.1) is 18.3 Å². The van der Waals surface area contributed by atoms with Crippen LogP contribution in [0.5, 0.6) is 0 Å². The maximum absolute atomic E-state index is 10.6. The third-order valence-electron chi connectivity index (χ3n) is 2.18. The van der Waals surface area contributed by atoms with E-state index in [0.29, 0.717) is 16.7 Å². The summed E-state index contributed by atoms with van der Waals surface area (Å²) in [7, 11) is 0. The number of benzene rings is 1. The van der Waals surface area contributed by atoms with Gasteiger partial charge >= 0.3 is 5.97 Å². The molecule has 0 aliphatic carbocycles. The van der Waals surface area contributed by atoms with Crippen LogP contribution in [0.1, 0.15) is 22.3 Å². The monoisotopic (exact) mass is 205 g/mol. The lowest BCUT2D eigenvalue weighted by molar-refractivity contribution is -0.136. The molecule has 1 rings (SSSR count). The van der Waals surface area contributed by atoms with E-state index in [0.717, 1.165) is 5.56 Å². The molecule has 0 amide bonds. The van der Waals surface area contributed by atoms with Crippen molar-refractivity contribution in [1.82, 2.24) is 0 Å². The highest BCUT2D eigenvalue weighted by Crippen LogP contribution is 2.17. The first-order valence-electron chi connectivity index (χ1n) is 4.43. The molecule has 0 saturated carbocycles. The molecular weight excluding hydrogens is 194 g/mol. The van der Waals surface area contributed by atoms with Gasteiger partial charge in [0, 0.05) is 0 Å². The zero-order chi connectivity index (χ0) is 11.4. The number of rotatable bonds is 3.